The molecule has 0 aliphatic heterocycles. The molecule has 1 atom stereocenters. The normalized spacial score (nSPS) is 12.7. The van der Waals surface area contributed by atoms with Crippen molar-refractivity contribution in [3.63, 3.8) is 0 Å². The van der Waals surface area contributed by atoms with Crippen LogP contribution in [0, 0.1) is 0 Å². The van der Waals surface area contributed by atoms with E-state index in [-0.39, 0.29) is 5.05 Å². The van der Waals surface area contributed by atoms with Crippen LogP contribution in [0.2, 0.25) is 0 Å². The topological polar surface area (TPSA) is 118 Å². The van der Waals surface area contributed by atoms with Gasteiger partial charge < -0.3 is 24.9 Å². The van der Waals surface area contributed by atoms with Gasteiger partial charge in [-0.15, -0.1) is 0 Å². The van der Waals surface area contributed by atoms with Gasteiger partial charge in [-0.1, -0.05) is 13.3 Å². The minimum Gasteiger partial charge on any atom is -0.500 e. The summed E-state index contributed by atoms with van der Waals surface area (Å²) in [6, 6.07) is 0. The van der Waals surface area contributed by atoms with Crippen LogP contribution in [-0.2, 0) is 4.57 Å². The molecule has 0 amide bonds. The van der Waals surface area contributed by atoms with Crippen molar-refractivity contribution in [2.24, 2.45) is 0 Å². The molecule has 0 aliphatic rings. The standard InChI is InChI=1S/C5H10O2S.H3O4P/c1-2-3-4(6)5(7)8;1-5(2,3)4/h4,6H,2-3H2,1H3,(H,7,8);(H3,1,2,3,4). The number of phosphoric acid groups is 1. The smallest absolute Gasteiger partial charge is 0.466 e. The van der Waals surface area contributed by atoms with Gasteiger partial charge >= 0.3 is 7.82 Å². The second-order valence-electron chi connectivity index (χ2n) is 2.16. The summed E-state index contributed by atoms with van der Waals surface area (Å²) < 4.78 is 8.88. The van der Waals surface area contributed by atoms with Gasteiger partial charge in [0.25, 0.3) is 0 Å². The Hall–Kier alpha value is -0.0400. The SMILES string of the molecule is CCCC(O)C(O)=S.O=P(O)(O)O. The van der Waals surface area contributed by atoms with Crippen LogP contribution in [0.5, 0.6) is 0 Å². The minimum absolute atomic E-state index is 0.299. The highest BCUT2D eigenvalue weighted by Gasteiger charge is 2.05. The van der Waals surface area contributed by atoms with Crippen LogP contribution in [0.3, 0.4) is 0 Å². The van der Waals surface area contributed by atoms with E-state index in [1.165, 1.54) is 0 Å². The van der Waals surface area contributed by atoms with E-state index in [9.17, 15) is 0 Å². The molecule has 0 heterocycles. The van der Waals surface area contributed by atoms with Crippen LogP contribution < -0.4 is 0 Å². The molecule has 0 rings (SSSR count). The van der Waals surface area contributed by atoms with Crippen molar-refractivity contribution in [2.45, 2.75) is 25.9 Å². The van der Waals surface area contributed by atoms with Gasteiger partial charge in [0.05, 0.1) is 0 Å². The van der Waals surface area contributed by atoms with Crippen molar-refractivity contribution in [2.75, 3.05) is 0 Å². The number of thiocarbonyl (C=S) groups is 1. The molecule has 0 fully saturated rings. The molecule has 0 aromatic carbocycles. The maximum Gasteiger partial charge on any atom is 0.466 e. The van der Waals surface area contributed by atoms with Gasteiger partial charge in [0.15, 0.2) is 5.05 Å². The average molecular weight is 232 g/mol. The highest BCUT2D eigenvalue weighted by atomic mass is 32.1. The third-order valence-electron chi connectivity index (χ3n) is 0.847. The Morgan fingerprint density at radius 3 is 1.85 bits per heavy atom. The van der Waals surface area contributed by atoms with Gasteiger partial charge in [-0.05, 0) is 18.6 Å². The lowest BCUT2D eigenvalue weighted by Gasteiger charge is -2.02. The number of aliphatic hydroxyl groups is 2. The minimum atomic E-state index is -4.64. The van der Waals surface area contributed by atoms with E-state index in [1.54, 1.807) is 0 Å². The molecule has 80 valence electrons. The van der Waals surface area contributed by atoms with E-state index in [2.05, 4.69) is 12.2 Å². The van der Waals surface area contributed by atoms with Gasteiger partial charge in [-0.2, -0.15) is 0 Å². The van der Waals surface area contributed by atoms with E-state index in [0.29, 0.717) is 6.42 Å². The first kappa shape index (κ1) is 15.4. The summed E-state index contributed by atoms with van der Waals surface area (Å²) in [7, 11) is -4.64. The van der Waals surface area contributed by atoms with Crippen molar-refractivity contribution in [1.82, 2.24) is 0 Å². The largest absolute Gasteiger partial charge is 0.500 e. The predicted octanol–water partition coefficient (Wildman–Crippen LogP) is 0.104. The van der Waals surface area contributed by atoms with Crippen LogP contribution in [0.15, 0.2) is 0 Å². The Labute approximate surface area is 81.1 Å². The van der Waals surface area contributed by atoms with Crippen LogP contribution in [0.1, 0.15) is 19.8 Å². The Balaban J connectivity index is 0. The summed E-state index contributed by atoms with van der Waals surface area (Å²) in [6.45, 7) is 1.92. The lowest BCUT2D eigenvalue weighted by molar-refractivity contribution is 0.210. The number of hydrogen-bond donors (Lipinski definition) is 5. The van der Waals surface area contributed by atoms with E-state index in [4.69, 9.17) is 29.5 Å². The number of aliphatic hydroxyl groups excluding tert-OH is 2. The summed E-state index contributed by atoms with van der Waals surface area (Å²) in [5.41, 5.74) is 0. The molecule has 0 aromatic rings. The van der Waals surface area contributed by atoms with Crippen molar-refractivity contribution in [3.05, 3.63) is 0 Å². The molecule has 5 N–H and O–H groups in total. The maximum atomic E-state index is 8.88. The first-order chi connectivity index (χ1) is 5.68. The molecule has 0 aliphatic carbocycles. The summed E-state index contributed by atoms with van der Waals surface area (Å²) >= 11 is 4.29. The van der Waals surface area contributed by atoms with E-state index in [1.807, 2.05) is 6.92 Å². The van der Waals surface area contributed by atoms with Crippen molar-refractivity contribution < 1.29 is 29.5 Å². The van der Waals surface area contributed by atoms with Gasteiger partial charge in [0.2, 0.25) is 0 Å². The Kier molecular flexibility index (Phi) is 8.75. The Morgan fingerprint density at radius 1 is 1.46 bits per heavy atom. The molecule has 6 nitrogen and oxygen atoms in total. The first-order valence-electron chi connectivity index (χ1n) is 3.37. The zero-order chi connectivity index (χ0) is 11.1. The van der Waals surface area contributed by atoms with E-state index >= 15 is 0 Å². The summed E-state index contributed by atoms with van der Waals surface area (Å²) in [6.07, 6.45) is 0.590. The molecular weight excluding hydrogens is 219 g/mol. The molecule has 1 unspecified atom stereocenters. The van der Waals surface area contributed by atoms with Gasteiger partial charge in [0, 0.05) is 0 Å². The van der Waals surface area contributed by atoms with E-state index in [0.717, 1.165) is 6.42 Å². The highest BCUT2D eigenvalue weighted by molar-refractivity contribution is 7.80. The van der Waals surface area contributed by atoms with Gasteiger partial charge in [-0.25, -0.2) is 4.57 Å². The van der Waals surface area contributed by atoms with Crippen LogP contribution in [-0.4, -0.2) is 36.0 Å². The fraction of sp³-hybridized carbons (Fsp3) is 0.800. The molecule has 0 aromatic heterocycles. The Morgan fingerprint density at radius 2 is 1.77 bits per heavy atom. The second-order valence-corrected chi connectivity index (χ2v) is 3.60. The molecule has 0 radical (unpaired) electrons. The third kappa shape index (κ3) is 24.5. The molecule has 0 spiro atoms. The van der Waals surface area contributed by atoms with Crippen LogP contribution >= 0.6 is 20.0 Å². The summed E-state index contributed by atoms with van der Waals surface area (Å²) in [5.74, 6) is 0. The first-order valence-corrected chi connectivity index (χ1v) is 5.35. The Bertz CT molecular complexity index is 181. The lowest BCUT2D eigenvalue weighted by Crippen LogP contribution is -2.16. The number of rotatable bonds is 3. The quantitative estimate of drug-likeness (QED) is 0.346. The molecule has 13 heavy (non-hydrogen) atoms. The number of hydrogen-bond acceptors (Lipinski definition) is 3. The summed E-state index contributed by atoms with van der Waals surface area (Å²) in [4.78, 5) is 21.6. The van der Waals surface area contributed by atoms with Crippen LogP contribution in [0.4, 0.5) is 0 Å². The molecule has 8 heteroatoms. The van der Waals surface area contributed by atoms with Gasteiger partial charge in [-0.3, -0.25) is 0 Å². The fourth-order valence-electron chi connectivity index (χ4n) is 0.397. The molecule has 0 saturated carbocycles. The van der Waals surface area contributed by atoms with Crippen molar-refractivity contribution in [3.8, 4) is 0 Å². The lowest BCUT2D eigenvalue weighted by atomic mass is 10.2. The summed E-state index contributed by atoms with van der Waals surface area (Å²) in [5, 5.41) is 16.9. The third-order valence-corrected chi connectivity index (χ3v) is 1.12. The zero-order valence-electron chi connectivity index (χ0n) is 6.99. The second kappa shape index (κ2) is 7.37. The van der Waals surface area contributed by atoms with Crippen LogP contribution in [0.25, 0.3) is 0 Å². The van der Waals surface area contributed by atoms with Crippen molar-refractivity contribution >= 4 is 25.1 Å². The predicted molar refractivity (Wildman–Crippen MR) is 50.4 cm³/mol. The average Bonchev–Trinajstić information content (AvgIpc) is 1.84. The van der Waals surface area contributed by atoms with E-state index < -0.39 is 13.9 Å². The van der Waals surface area contributed by atoms with Crippen molar-refractivity contribution in [1.29, 1.82) is 0 Å². The highest BCUT2D eigenvalue weighted by Crippen LogP contribution is 2.25. The molecule has 0 bridgehead atoms. The maximum absolute atomic E-state index is 8.88. The van der Waals surface area contributed by atoms with Gasteiger partial charge in [0.1, 0.15) is 6.10 Å². The fourth-order valence-corrected chi connectivity index (χ4v) is 0.515. The monoisotopic (exact) mass is 232 g/mol. The molecule has 0 saturated heterocycles. The molecular formula is C5H13O6PS. The zero-order valence-corrected chi connectivity index (χ0v) is 8.70.